The van der Waals surface area contributed by atoms with Crippen molar-refractivity contribution in [1.82, 2.24) is 24.6 Å². The van der Waals surface area contributed by atoms with Gasteiger partial charge in [0.25, 0.3) is 0 Å². The zero-order valence-corrected chi connectivity index (χ0v) is 18.3. The number of nitrogens with zero attached hydrogens (tertiary/aromatic N) is 4. The zero-order chi connectivity index (χ0) is 22.4. The van der Waals surface area contributed by atoms with Gasteiger partial charge in [0.2, 0.25) is 5.91 Å². The number of amides is 1. The van der Waals surface area contributed by atoms with Crippen LogP contribution in [0.4, 0.5) is 0 Å². The Hall–Kier alpha value is -3.74. The Morgan fingerprint density at radius 1 is 1.03 bits per heavy atom. The Kier molecular flexibility index (Phi) is 4.82. The van der Waals surface area contributed by atoms with Crippen LogP contribution in [0.1, 0.15) is 25.1 Å². The summed E-state index contributed by atoms with van der Waals surface area (Å²) in [6.07, 6.45) is 5.49. The fourth-order valence-electron chi connectivity index (χ4n) is 4.84. The Balaban J connectivity index is 1.22. The van der Waals surface area contributed by atoms with Crippen molar-refractivity contribution in [1.29, 1.82) is 0 Å². The lowest BCUT2D eigenvalue weighted by Crippen LogP contribution is -2.30. The van der Waals surface area contributed by atoms with Crippen LogP contribution in [-0.2, 0) is 11.2 Å². The van der Waals surface area contributed by atoms with Crippen molar-refractivity contribution in [3.63, 3.8) is 0 Å². The molecule has 1 aliphatic carbocycles. The van der Waals surface area contributed by atoms with E-state index in [-0.39, 0.29) is 11.6 Å². The first-order chi connectivity index (χ1) is 16.2. The number of carbonyl (C=O) groups excluding carboxylic acids is 1. The minimum atomic E-state index is -0.238. The normalized spacial score (nSPS) is 18.2. The lowest BCUT2D eigenvalue weighted by molar-refractivity contribution is -0.131. The van der Waals surface area contributed by atoms with E-state index in [1.54, 1.807) is 10.8 Å². The molecule has 0 spiro atoms. The average Bonchev–Trinajstić information content (AvgIpc) is 3.50. The maximum Gasteiger partial charge on any atom is 0.347 e. The minimum Gasteiger partial charge on any atom is -0.342 e. The molecule has 2 fully saturated rings. The van der Waals surface area contributed by atoms with Crippen LogP contribution in [0.15, 0.2) is 65.6 Å². The molecule has 2 aliphatic rings. The predicted molar refractivity (Wildman–Crippen MR) is 126 cm³/mol. The van der Waals surface area contributed by atoms with E-state index < -0.39 is 0 Å². The number of H-pyrrole nitrogens is 1. The molecule has 0 radical (unpaired) electrons. The van der Waals surface area contributed by atoms with E-state index >= 15 is 0 Å². The van der Waals surface area contributed by atoms with Crippen LogP contribution in [0, 0.1) is 11.8 Å². The molecule has 33 heavy (non-hydrogen) atoms. The van der Waals surface area contributed by atoms with Crippen molar-refractivity contribution in [3.05, 3.63) is 77.1 Å². The highest BCUT2D eigenvalue weighted by atomic mass is 16.2. The van der Waals surface area contributed by atoms with Gasteiger partial charge in [-0.15, -0.1) is 0 Å². The maximum atomic E-state index is 12.6. The smallest absolute Gasteiger partial charge is 0.342 e. The van der Waals surface area contributed by atoms with Gasteiger partial charge in [-0.2, -0.15) is 5.10 Å². The first kappa shape index (κ1) is 19.9. The van der Waals surface area contributed by atoms with Crippen LogP contribution < -0.4 is 5.69 Å². The summed E-state index contributed by atoms with van der Waals surface area (Å²) in [6, 6.07) is 18.2. The molecule has 1 unspecified atom stereocenters. The highest BCUT2D eigenvalue weighted by Crippen LogP contribution is 2.33. The first-order valence-electron chi connectivity index (χ1n) is 11.6. The standard InChI is InChI=1S/C26H25N5O2/c32-25(19-3-4-19)30-13-11-17(16-30)14-24-28-29-26(33)31(24)22-8-5-18(6-9-22)20-7-10-23-21(15-20)2-1-12-27-23/h1-2,5-10,12,15,17,19H,3-4,11,13-14,16H2,(H,29,33). The van der Waals surface area contributed by atoms with E-state index in [1.807, 2.05) is 41.3 Å². The Labute approximate surface area is 191 Å². The molecule has 1 aliphatic heterocycles. The fourth-order valence-corrected chi connectivity index (χ4v) is 4.84. The third kappa shape index (κ3) is 3.84. The van der Waals surface area contributed by atoms with Crippen LogP contribution in [0.3, 0.4) is 0 Å². The number of aromatic amines is 1. The lowest BCUT2D eigenvalue weighted by Gasteiger charge is -2.16. The van der Waals surface area contributed by atoms with Crippen LogP contribution in [0.5, 0.6) is 0 Å². The quantitative estimate of drug-likeness (QED) is 0.515. The lowest BCUT2D eigenvalue weighted by atomic mass is 10.0. The summed E-state index contributed by atoms with van der Waals surface area (Å²) >= 11 is 0. The second-order valence-corrected chi connectivity index (χ2v) is 9.16. The molecule has 1 saturated heterocycles. The van der Waals surface area contributed by atoms with Gasteiger partial charge in [-0.1, -0.05) is 24.3 Å². The largest absolute Gasteiger partial charge is 0.347 e. The van der Waals surface area contributed by atoms with Crippen molar-refractivity contribution in [2.75, 3.05) is 13.1 Å². The highest BCUT2D eigenvalue weighted by Gasteiger charge is 2.36. The summed E-state index contributed by atoms with van der Waals surface area (Å²) in [4.78, 5) is 31.3. The summed E-state index contributed by atoms with van der Waals surface area (Å²) in [5.74, 6) is 1.60. The molecule has 1 atom stereocenters. The number of carbonyl (C=O) groups is 1. The fraction of sp³-hybridized carbons (Fsp3) is 0.308. The number of likely N-dealkylation sites (tertiary alicyclic amines) is 1. The number of aromatic nitrogens is 4. The van der Waals surface area contributed by atoms with Crippen molar-refractivity contribution in [3.8, 4) is 16.8 Å². The zero-order valence-electron chi connectivity index (χ0n) is 18.3. The third-order valence-corrected chi connectivity index (χ3v) is 6.80. The van der Waals surface area contributed by atoms with E-state index in [9.17, 15) is 9.59 Å². The number of hydrogen-bond donors (Lipinski definition) is 1. The van der Waals surface area contributed by atoms with Gasteiger partial charge in [-0.05, 0) is 66.6 Å². The first-order valence-corrected chi connectivity index (χ1v) is 11.6. The van der Waals surface area contributed by atoms with Crippen LogP contribution >= 0.6 is 0 Å². The van der Waals surface area contributed by atoms with E-state index in [2.05, 4.69) is 33.4 Å². The number of fused-ring (bicyclic) bond motifs is 1. The number of rotatable bonds is 5. The molecule has 2 aromatic carbocycles. The Morgan fingerprint density at radius 3 is 2.67 bits per heavy atom. The average molecular weight is 440 g/mol. The number of nitrogens with one attached hydrogen (secondary N) is 1. The summed E-state index contributed by atoms with van der Waals surface area (Å²) < 4.78 is 1.65. The molecule has 1 N–H and O–H groups in total. The molecule has 3 heterocycles. The number of hydrogen-bond acceptors (Lipinski definition) is 4. The van der Waals surface area contributed by atoms with Gasteiger partial charge in [-0.25, -0.2) is 14.5 Å². The minimum absolute atomic E-state index is 0.238. The molecule has 7 nitrogen and oxygen atoms in total. The van der Waals surface area contributed by atoms with Crippen molar-refractivity contribution in [2.45, 2.75) is 25.7 Å². The van der Waals surface area contributed by atoms with Gasteiger partial charge in [0, 0.05) is 37.0 Å². The van der Waals surface area contributed by atoms with E-state index in [0.717, 1.165) is 65.9 Å². The van der Waals surface area contributed by atoms with Crippen LogP contribution in [-0.4, -0.2) is 43.6 Å². The van der Waals surface area contributed by atoms with Gasteiger partial charge >= 0.3 is 5.69 Å². The monoisotopic (exact) mass is 439 g/mol. The molecule has 166 valence electrons. The van der Waals surface area contributed by atoms with Gasteiger partial charge in [0.05, 0.1) is 11.2 Å². The molecule has 6 rings (SSSR count). The molecule has 0 bridgehead atoms. The van der Waals surface area contributed by atoms with E-state index in [4.69, 9.17) is 0 Å². The second kappa shape index (κ2) is 7.99. The molecule has 1 saturated carbocycles. The van der Waals surface area contributed by atoms with Crippen molar-refractivity contribution < 1.29 is 4.79 Å². The summed E-state index contributed by atoms with van der Waals surface area (Å²) in [5.41, 5.74) is 3.70. The summed E-state index contributed by atoms with van der Waals surface area (Å²) in [6.45, 7) is 1.57. The molecule has 7 heteroatoms. The molecule has 1 amide bonds. The molecule has 4 aromatic rings. The van der Waals surface area contributed by atoms with Crippen molar-refractivity contribution in [2.24, 2.45) is 11.8 Å². The Morgan fingerprint density at radius 2 is 1.85 bits per heavy atom. The van der Waals surface area contributed by atoms with Crippen molar-refractivity contribution >= 4 is 16.8 Å². The van der Waals surface area contributed by atoms with Gasteiger partial charge in [0.1, 0.15) is 5.82 Å². The second-order valence-electron chi connectivity index (χ2n) is 9.16. The topological polar surface area (TPSA) is 83.9 Å². The molecule has 2 aromatic heterocycles. The Bertz CT molecular complexity index is 1380. The van der Waals surface area contributed by atoms with Gasteiger partial charge in [-0.3, -0.25) is 9.78 Å². The number of benzene rings is 2. The summed E-state index contributed by atoms with van der Waals surface area (Å²) in [5, 5.41) is 8.01. The molecular weight excluding hydrogens is 414 g/mol. The van der Waals surface area contributed by atoms with E-state index in [1.165, 1.54) is 0 Å². The van der Waals surface area contributed by atoms with Gasteiger partial charge < -0.3 is 4.90 Å². The highest BCUT2D eigenvalue weighted by molar-refractivity contribution is 5.84. The third-order valence-electron chi connectivity index (χ3n) is 6.80. The predicted octanol–water partition coefficient (Wildman–Crippen LogP) is 3.58. The van der Waals surface area contributed by atoms with Crippen LogP contribution in [0.2, 0.25) is 0 Å². The van der Waals surface area contributed by atoms with Crippen LogP contribution in [0.25, 0.3) is 27.7 Å². The molecular formula is C26H25N5O2. The maximum absolute atomic E-state index is 12.6. The van der Waals surface area contributed by atoms with E-state index in [0.29, 0.717) is 18.2 Å². The van der Waals surface area contributed by atoms with Gasteiger partial charge in [0.15, 0.2) is 0 Å². The summed E-state index contributed by atoms with van der Waals surface area (Å²) in [7, 11) is 0. The number of pyridine rings is 1. The SMILES string of the molecule is O=C(C1CC1)N1CCC(Cc2n[nH]c(=O)n2-c2ccc(-c3ccc4ncccc4c3)cc2)C1.